The second kappa shape index (κ2) is 13.8. The molecule has 0 saturated heterocycles. The highest BCUT2D eigenvalue weighted by atomic mass is 32.3. The van der Waals surface area contributed by atoms with Crippen LogP contribution in [-0.2, 0) is 24.6 Å². The molecule has 0 spiro atoms. The van der Waals surface area contributed by atoms with Crippen LogP contribution in [0.4, 0.5) is 0 Å². The predicted octanol–water partition coefficient (Wildman–Crippen LogP) is -0.604. The van der Waals surface area contributed by atoms with Crippen molar-refractivity contribution < 1.29 is 36.8 Å². The molecule has 0 rings (SSSR count). The Labute approximate surface area is 101 Å². The third-order valence-corrected chi connectivity index (χ3v) is 1.18. The standard InChI is InChI=1S/C8H18O4.H2O4S/c1-2-10-5-6-12-8-7-11-4-3-9;1-5(2,3)4/h9H,2-8H2,1H3;(H2,1,2,3,4). The zero-order valence-electron chi connectivity index (χ0n) is 9.74. The lowest BCUT2D eigenvalue weighted by Gasteiger charge is -2.04. The van der Waals surface area contributed by atoms with Crippen LogP contribution in [-0.4, -0.2) is 68.9 Å². The number of ether oxygens (including phenoxy) is 3. The van der Waals surface area contributed by atoms with E-state index in [0.29, 0.717) is 33.0 Å². The summed E-state index contributed by atoms with van der Waals surface area (Å²) in [7, 11) is -4.67. The zero-order valence-corrected chi connectivity index (χ0v) is 10.6. The molecule has 0 saturated carbocycles. The molecule has 0 aliphatic carbocycles. The van der Waals surface area contributed by atoms with E-state index in [1.807, 2.05) is 6.92 Å². The third-order valence-electron chi connectivity index (χ3n) is 1.18. The summed E-state index contributed by atoms with van der Waals surface area (Å²) in [4.78, 5) is 0. The quantitative estimate of drug-likeness (QED) is 0.377. The van der Waals surface area contributed by atoms with E-state index in [4.69, 9.17) is 36.8 Å². The van der Waals surface area contributed by atoms with Gasteiger partial charge >= 0.3 is 10.4 Å². The number of hydrogen-bond donors (Lipinski definition) is 3. The van der Waals surface area contributed by atoms with Crippen LogP contribution in [0.5, 0.6) is 0 Å². The van der Waals surface area contributed by atoms with Crippen LogP contribution in [0.2, 0.25) is 0 Å². The molecule has 0 amide bonds. The van der Waals surface area contributed by atoms with Crippen LogP contribution >= 0.6 is 0 Å². The highest BCUT2D eigenvalue weighted by molar-refractivity contribution is 7.79. The molecule has 8 nitrogen and oxygen atoms in total. The van der Waals surface area contributed by atoms with Crippen LogP contribution in [0.25, 0.3) is 0 Å². The van der Waals surface area contributed by atoms with E-state index in [1.54, 1.807) is 0 Å². The molecule has 9 heteroatoms. The fraction of sp³-hybridized carbons (Fsp3) is 1.00. The van der Waals surface area contributed by atoms with Gasteiger partial charge in [-0.25, -0.2) is 0 Å². The average molecular weight is 276 g/mol. The fourth-order valence-corrected chi connectivity index (χ4v) is 0.649. The molecule has 106 valence electrons. The van der Waals surface area contributed by atoms with Gasteiger partial charge in [0.2, 0.25) is 0 Å². The van der Waals surface area contributed by atoms with E-state index in [9.17, 15) is 0 Å². The maximum Gasteiger partial charge on any atom is 0.394 e. The molecule has 17 heavy (non-hydrogen) atoms. The Morgan fingerprint density at radius 1 is 0.882 bits per heavy atom. The molecule has 0 heterocycles. The Morgan fingerprint density at radius 3 is 1.59 bits per heavy atom. The summed E-state index contributed by atoms with van der Waals surface area (Å²) < 4.78 is 46.8. The first-order valence-corrected chi connectivity index (χ1v) is 6.35. The number of aliphatic hydroxyl groups excluding tert-OH is 1. The van der Waals surface area contributed by atoms with Gasteiger partial charge in [0.25, 0.3) is 0 Å². The molecule has 0 fully saturated rings. The highest BCUT2D eigenvalue weighted by Gasteiger charge is 1.88. The van der Waals surface area contributed by atoms with E-state index in [0.717, 1.165) is 6.61 Å². The minimum atomic E-state index is -4.67. The second-order valence-electron chi connectivity index (χ2n) is 2.59. The van der Waals surface area contributed by atoms with E-state index >= 15 is 0 Å². The first-order chi connectivity index (χ1) is 7.91. The van der Waals surface area contributed by atoms with Crippen molar-refractivity contribution >= 4 is 10.4 Å². The molecule has 0 radical (unpaired) electrons. The largest absolute Gasteiger partial charge is 0.394 e. The van der Waals surface area contributed by atoms with Crippen LogP contribution < -0.4 is 0 Å². The first-order valence-electron chi connectivity index (χ1n) is 4.95. The molecule has 3 N–H and O–H groups in total. The lowest BCUT2D eigenvalue weighted by molar-refractivity contribution is 0.00965. The lowest BCUT2D eigenvalue weighted by Crippen LogP contribution is -2.10. The van der Waals surface area contributed by atoms with Crippen molar-refractivity contribution in [2.24, 2.45) is 0 Å². The molecule has 0 aliphatic heterocycles. The third kappa shape index (κ3) is 38.9. The van der Waals surface area contributed by atoms with Crippen molar-refractivity contribution in [2.45, 2.75) is 6.92 Å². The summed E-state index contributed by atoms with van der Waals surface area (Å²) in [5.74, 6) is 0. The smallest absolute Gasteiger partial charge is 0.394 e. The highest BCUT2D eigenvalue weighted by Crippen LogP contribution is 1.80. The Balaban J connectivity index is 0. The average Bonchev–Trinajstić information content (AvgIpc) is 2.20. The van der Waals surface area contributed by atoms with Crippen molar-refractivity contribution in [3.8, 4) is 0 Å². The zero-order chi connectivity index (χ0) is 13.6. The summed E-state index contributed by atoms with van der Waals surface area (Å²) in [6.07, 6.45) is 0. The predicted molar refractivity (Wildman–Crippen MR) is 59.4 cm³/mol. The Bertz CT molecular complexity index is 210. The first kappa shape index (κ1) is 19.1. The molecule has 0 bridgehead atoms. The normalized spacial score (nSPS) is 10.8. The van der Waals surface area contributed by atoms with E-state index in [2.05, 4.69) is 0 Å². The van der Waals surface area contributed by atoms with Gasteiger partial charge in [-0.05, 0) is 6.92 Å². The number of rotatable bonds is 9. The minimum absolute atomic E-state index is 0.0684. The van der Waals surface area contributed by atoms with Crippen molar-refractivity contribution in [1.82, 2.24) is 0 Å². The van der Waals surface area contributed by atoms with Crippen molar-refractivity contribution in [3.63, 3.8) is 0 Å². The molecule has 0 aromatic carbocycles. The van der Waals surface area contributed by atoms with Gasteiger partial charge in [-0.15, -0.1) is 0 Å². The number of hydrogen-bond acceptors (Lipinski definition) is 6. The Morgan fingerprint density at radius 2 is 1.24 bits per heavy atom. The van der Waals surface area contributed by atoms with Gasteiger partial charge in [0, 0.05) is 6.61 Å². The maximum atomic E-state index is 8.74. The summed E-state index contributed by atoms with van der Waals surface area (Å²) >= 11 is 0. The van der Waals surface area contributed by atoms with Gasteiger partial charge < -0.3 is 19.3 Å². The molecule has 0 unspecified atom stereocenters. The van der Waals surface area contributed by atoms with Gasteiger partial charge in [0.1, 0.15) is 0 Å². The van der Waals surface area contributed by atoms with E-state index in [-0.39, 0.29) is 6.61 Å². The summed E-state index contributed by atoms with van der Waals surface area (Å²) in [5, 5.41) is 8.35. The molecule has 0 aliphatic rings. The minimum Gasteiger partial charge on any atom is -0.394 e. The maximum absolute atomic E-state index is 8.74. The van der Waals surface area contributed by atoms with Crippen molar-refractivity contribution in [3.05, 3.63) is 0 Å². The fourth-order valence-electron chi connectivity index (χ4n) is 0.649. The molecule has 0 atom stereocenters. The lowest BCUT2D eigenvalue weighted by atomic mass is 10.7. The topological polar surface area (TPSA) is 123 Å². The van der Waals surface area contributed by atoms with Gasteiger partial charge in [0.15, 0.2) is 0 Å². The summed E-state index contributed by atoms with van der Waals surface area (Å²) in [5.41, 5.74) is 0. The Hall–Kier alpha value is -0.290. The molecule has 0 aromatic rings. The molecular formula is C8H20O8S. The van der Waals surface area contributed by atoms with Gasteiger partial charge in [-0.1, -0.05) is 0 Å². The van der Waals surface area contributed by atoms with Crippen LogP contribution in [0.3, 0.4) is 0 Å². The number of aliphatic hydroxyl groups is 1. The Kier molecular flexibility index (Phi) is 15.4. The summed E-state index contributed by atoms with van der Waals surface area (Å²) in [6.45, 7) is 5.47. The molecule has 0 aromatic heterocycles. The molecular weight excluding hydrogens is 256 g/mol. The van der Waals surface area contributed by atoms with Gasteiger partial charge in [-0.2, -0.15) is 8.42 Å². The van der Waals surface area contributed by atoms with Crippen LogP contribution in [0, 0.1) is 0 Å². The second-order valence-corrected chi connectivity index (χ2v) is 3.49. The van der Waals surface area contributed by atoms with Gasteiger partial charge in [0.05, 0.1) is 39.6 Å². The van der Waals surface area contributed by atoms with Gasteiger partial charge in [-0.3, -0.25) is 9.11 Å². The monoisotopic (exact) mass is 276 g/mol. The van der Waals surface area contributed by atoms with E-state index < -0.39 is 10.4 Å². The van der Waals surface area contributed by atoms with Crippen molar-refractivity contribution in [2.75, 3.05) is 46.2 Å². The van der Waals surface area contributed by atoms with Crippen LogP contribution in [0.1, 0.15) is 6.92 Å². The van der Waals surface area contributed by atoms with Crippen LogP contribution in [0.15, 0.2) is 0 Å². The van der Waals surface area contributed by atoms with E-state index in [1.165, 1.54) is 0 Å². The summed E-state index contributed by atoms with van der Waals surface area (Å²) in [6, 6.07) is 0. The van der Waals surface area contributed by atoms with Crippen molar-refractivity contribution in [1.29, 1.82) is 0 Å². The SMILES string of the molecule is CCOCCOCCOCCO.O=S(=O)(O)O.